The van der Waals surface area contributed by atoms with Crippen LogP contribution >= 0.6 is 0 Å². The molecule has 7 nitrogen and oxygen atoms in total. The van der Waals surface area contributed by atoms with Crippen LogP contribution in [0.5, 0.6) is 0 Å². The van der Waals surface area contributed by atoms with Crippen molar-refractivity contribution in [3.05, 3.63) is 47.9 Å². The van der Waals surface area contributed by atoms with E-state index in [9.17, 15) is 18.0 Å². The van der Waals surface area contributed by atoms with E-state index in [0.717, 1.165) is 30.9 Å². The highest BCUT2D eigenvalue weighted by atomic mass is 32.2. The first kappa shape index (κ1) is 24.0. The summed E-state index contributed by atoms with van der Waals surface area (Å²) >= 11 is 0. The number of anilines is 1. The molecule has 0 bridgehead atoms. The second kappa shape index (κ2) is 10.8. The van der Waals surface area contributed by atoms with E-state index in [-0.39, 0.29) is 35.1 Å². The first-order valence-electron chi connectivity index (χ1n) is 11.2. The van der Waals surface area contributed by atoms with Crippen molar-refractivity contribution in [2.45, 2.75) is 57.3 Å². The standard InChI is InChI=1S/C24H31N3O4S/c1-3-12-27(16-20-6-7-20)24-15-22(25-17-26-24)23(29)14-19-8-10-21(11-9-19)32(30,31)13-4-5-18(2)28/h8-11,15,17,20H,3-7,12-14,16H2,1-2H3. The average molecular weight is 458 g/mol. The summed E-state index contributed by atoms with van der Waals surface area (Å²) in [6.07, 6.45) is 5.64. The molecule has 32 heavy (non-hydrogen) atoms. The number of aromatic nitrogens is 2. The smallest absolute Gasteiger partial charge is 0.185 e. The minimum atomic E-state index is -3.44. The van der Waals surface area contributed by atoms with Crippen molar-refractivity contribution in [3.63, 3.8) is 0 Å². The van der Waals surface area contributed by atoms with Crippen LogP contribution in [0, 0.1) is 5.92 Å². The lowest BCUT2D eigenvalue weighted by Gasteiger charge is -2.23. The van der Waals surface area contributed by atoms with Crippen LogP contribution in [0.25, 0.3) is 0 Å². The number of ketones is 2. The van der Waals surface area contributed by atoms with Gasteiger partial charge in [0.2, 0.25) is 0 Å². The Labute approximate surface area is 190 Å². The van der Waals surface area contributed by atoms with E-state index in [2.05, 4.69) is 21.8 Å². The van der Waals surface area contributed by atoms with E-state index in [1.165, 1.54) is 38.2 Å². The van der Waals surface area contributed by atoms with Gasteiger partial charge in [-0.3, -0.25) is 4.79 Å². The fourth-order valence-corrected chi connectivity index (χ4v) is 4.88. The quantitative estimate of drug-likeness (QED) is 0.423. The third-order valence-electron chi connectivity index (χ3n) is 5.52. The number of hydrogen-bond donors (Lipinski definition) is 0. The molecule has 0 unspecified atom stereocenters. The number of carbonyl (C=O) groups is 2. The molecule has 0 saturated heterocycles. The number of hydrogen-bond acceptors (Lipinski definition) is 7. The van der Waals surface area contributed by atoms with Gasteiger partial charge in [0.15, 0.2) is 15.6 Å². The summed E-state index contributed by atoms with van der Waals surface area (Å²) in [6.45, 7) is 5.43. The molecule has 0 radical (unpaired) electrons. The summed E-state index contributed by atoms with van der Waals surface area (Å²) in [7, 11) is -3.44. The molecule has 1 aliphatic carbocycles. The third-order valence-corrected chi connectivity index (χ3v) is 7.34. The average Bonchev–Trinajstić information content (AvgIpc) is 3.58. The second-order valence-electron chi connectivity index (χ2n) is 8.52. The molecular weight excluding hydrogens is 426 g/mol. The van der Waals surface area contributed by atoms with E-state index < -0.39 is 9.84 Å². The van der Waals surface area contributed by atoms with Gasteiger partial charge in [-0.25, -0.2) is 18.4 Å². The number of Topliss-reactive ketones (excluding diaryl/α,β-unsaturated/α-hetero) is 2. The van der Waals surface area contributed by atoms with Gasteiger partial charge in [-0.05, 0) is 56.2 Å². The summed E-state index contributed by atoms with van der Waals surface area (Å²) in [4.78, 5) is 34.8. The molecule has 3 rings (SSSR count). The van der Waals surface area contributed by atoms with Crippen LogP contribution in [-0.2, 0) is 21.1 Å². The minimum Gasteiger partial charge on any atom is -0.356 e. The summed E-state index contributed by atoms with van der Waals surface area (Å²) in [5.41, 5.74) is 1.09. The predicted octanol–water partition coefficient (Wildman–Crippen LogP) is 3.67. The lowest BCUT2D eigenvalue weighted by molar-refractivity contribution is -0.117. The van der Waals surface area contributed by atoms with E-state index in [1.807, 2.05) is 0 Å². The molecular formula is C24H31N3O4S. The Kier molecular flexibility index (Phi) is 8.12. The van der Waals surface area contributed by atoms with Crippen molar-refractivity contribution >= 4 is 27.2 Å². The number of nitrogens with zero attached hydrogens (tertiary/aromatic N) is 3. The van der Waals surface area contributed by atoms with Crippen LogP contribution in [0.3, 0.4) is 0 Å². The molecule has 0 spiro atoms. The van der Waals surface area contributed by atoms with E-state index in [4.69, 9.17) is 0 Å². The lowest BCUT2D eigenvalue weighted by atomic mass is 10.1. The van der Waals surface area contributed by atoms with Gasteiger partial charge >= 0.3 is 0 Å². The molecule has 8 heteroatoms. The fraction of sp³-hybridized carbons (Fsp3) is 0.500. The Bertz CT molecular complexity index is 1050. The maximum atomic E-state index is 12.8. The molecule has 1 saturated carbocycles. The normalized spacial score (nSPS) is 13.7. The molecule has 0 atom stereocenters. The number of rotatable bonds is 13. The molecule has 1 fully saturated rings. The summed E-state index contributed by atoms with van der Waals surface area (Å²) < 4.78 is 24.8. The van der Waals surface area contributed by atoms with Crippen molar-refractivity contribution in [1.82, 2.24) is 9.97 Å². The van der Waals surface area contributed by atoms with E-state index >= 15 is 0 Å². The van der Waals surface area contributed by atoms with Crippen LogP contribution in [-0.4, -0.2) is 48.8 Å². The van der Waals surface area contributed by atoms with Gasteiger partial charge in [0, 0.05) is 32.0 Å². The Balaban J connectivity index is 1.65. The zero-order valence-electron chi connectivity index (χ0n) is 18.8. The fourth-order valence-electron chi connectivity index (χ4n) is 3.57. The number of benzene rings is 1. The van der Waals surface area contributed by atoms with Gasteiger partial charge < -0.3 is 9.69 Å². The summed E-state index contributed by atoms with van der Waals surface area (Å²) in [6, 6.07) is 8.13. The van der Waals surface area contributed by atoms with Gasteiger partial charge in [-0.15, -0.1) is 0 Å². The highest BCUT2D eigenvalue weighted by Crippen LogP contribution is 2.31. The topological polar surface area (TPSA) is 97.3 Å². The molecule has 1 aliphatic rings. The van der Waals surface area contributed by atoms with Crippen LogP contribution in [0.1, 0.15) is 62.0 Å². The van der Waals surface area contributed by atoms with Crippen LogP contribution in [0.2, 0.25) is 0 Å². The molecule has 1 aromatic carbocycles. The highest BCUT2D eigenvalue weighted by Gasteiger charge is 2.25. The molecule has 1 heterocycles. The van der Waals surface area contributed by atoms with Crippen molar-refractivity contribution < 1.29 is 18.0 Å². The minimum absolute atomic E-state index is 0.0210. The summed E-state index contributed by atoms with van der Waals surface area (Å²) in [5, 5.41) is 0. The van der Waals surface area contributed by atoms with E-state index in [0.29, 0.717) is 18.0 Å². The van der Waals surface area contributed by atoms with Crippen molar-refractivity contribution in [2.24, 2.45) is 5.92 Å². The molecule has 0 aliphatic heterocycles. The SMILES string of the molecule is CCCN(CC1CC1)c1cc(C(=O)Cc2ccc(S(=O)(=O)CCCC(C)=O)cc2)ncn1. The zero-order chi connectivity index (χ0) is 23.1. The molecule has 0 N–H and O–H groups in total. The third kappa shape index (κ3) is 6.95. The van der Waals surface area contributed by atoms with Crippen LogP contribution < -0.4 is 4.90 Å². The van der Waals surface area contributed by atoms with Gasteiger partial charge in [0.05, 0.1) is 10.6 Å². The summed E-state index contributed by atoms with van der Waals surface area (Å²) in [5.74, 6) is 1.28. The molecule has 1 aromatic heterocycles. The first-order valence-corrected chi connectivity index (χ1v) is 12.8. The zero-order valence-corrected chi connectivity index (χ0v) is 19.6. The molecule has 2 aromatic rings. The maximum absolute atomic E-state index is 12.8. The van der Waals surface area contributed by atoms with Gasteiger partial charge in [0.25, 0.3) is 0 Å². The molecule has 172 valence electrons. The van der Waals surface area contributed by atoms with Crippen molar-refractivity contribution in [2.75, 3.05) is 23.7 Å². The van der Waals surface area contributed by atoms with Gasteiger partial charge in [-0.2, -0.15) is 0 Å². The van der Waals surface area contributed by atoms with E-state index in [1.54, 1.807) is 18.2 Å². The molecule has 0 amide bonds. The Morgan fingerprint density at radius 2 is 1.84 bits per heavy atom. The highest BCUT2D eigenvalue weighted by molar-refractivity contribution is 7.91. The van der Waals surface area contributed by atoms with Crippen molar-refractivity contribution in [1.29, 1.82) is 0 Å². The number of sulfone groups is 1. The maximum Gasteiger partial charge on any atom is 0.185 e. The van der Waals surface area contributed by atoms with Crippen molar-refractivity contribution in [3.8, 4) is 0 Å². The first-order chi connectivity index (χ1) is 15.3. The predicted molar refractivity (Wildman–Crippen MR) is 124 cm³/mol. The second-order valence-corrected chi connectivity index (χ2v) is 10.6. The van der Waals surface area contributed by atoms with Gasteiger partial charge in [-0.1, -0.05) is 19.1 Å². The largest absolute Gasteiger partial charge is 0.356 e. The Morgan fingerprint density at radius 1 is 1.12 bits per heavy atom. The van der Waals surface area contributed by atoms with Crippen LogP contribution in [0.4, 0.5) is 5.82 Å². The van der Waals surface area contributed by atoms with Crippen LogP contribution in [0.15, 0.2) is 41.6 Å². The number of carbonyl (C=O) groups excluding carboxylic acids is 2. The van der Waals surface area contributed by atoms with Gasteiger partial charge in [0.1, 0.15) is 23.6 Å². The monoisotopic (exact) mass is 457 g/mol. The lowest BCUT2D eigenvalue weighted by Crippen LogP contribution is -2.27. The Hall–Kier alpha value is -2.61. The Morgan fingerprint density at radius 3 is 2.47 bits per heavy atom.